The molecule has 1 N–H and O–H groups in total. The lowest BCUT2D eigenvalue weighted by atomic mass is 9.95. The third kappa shape index (κ3) is 3.24. The van der Waals surface area contributed by atoms with Gasteiger partial charge in [-0.2, -0.15) is 0 Å². The molecule has 1 unspecified atom stereocenters. The van der Waals surface area contributed by atoms with E-state index in [1.54, 1.807) is 6.92 Å². The SMILES string of the molecule is CC1CCN(S(C)(=O)=O)c2cc3oc(-c4ccc(F)cc4)c(C(=O)O)c3cc2C1=O. The molecular formula is C21H18FNO6S. The van der Waals surface area contributed by atoms with Gasteiger partial charge in [0.15, 0.2) is 5.78 Å². The van der Waals surface area contributed by atoms with Gasteiger partial charge in [0.05, 0.1) is 11.9 Å². The molecule has 9 heteroatoms. The summed E-state index contributed by atoms with van der Waals surface area (Å²) in [7, 11) is -3.67. The van der Waals surface area contributed by atoms with Gasteiger partial charge in [0.1, 0.15) is 22.7 Å². The van der Waals surface area contributed by atoms with Gasteiger partial charge in [0.25, 0.3) is 0 Å². The number of furan rings is 1. The van der Waals surface area contributed by atoms with Crippen molar-refractivity contribution in [2.24, 2.45) is 5.92 Å². The van der Waals surface area contributed by atoms with Crippen LogP contribution in [0.15, 0.2) is 40.8 Å². The van der Waals surface area contributed by atoms with Crippen molar-refractivity contribution in [2.75, 3.05) is 17.1 Å². The molecule has 4 rings (SSSR count). The number of ketones is 1. The lowest BCUT2D eigenvalue weighted by Crippen LogP contribution is -2.30. The second kappa shape index (κ2) is 6.94. The van der Waals surface area contributed by atoms with Crippen LogP contribution in [0.4, 0.5) is 10.1 Å². The summed E-state index contributed by atoms with van der Waals surface area (Å²) in [5, 5.41) is 9.98. The quantitative estimate of drug-likeness (QED) is 0.674. The molecule has 2 aromatic carbocycles. The Morgan fingerprint density at radius 3 is 2.50 bits per heavy atom. The number of hydrogen-bond acceptors (Lipinski definition) is 5. The molecule has 0 spiro atoms. The molecule has 1 atom stereocenters. The monoisotopic (exact) mass is 431 g/mol. The van der Waals surface area contributed by atoms with Crippen LogP contribution in [-0.2, 0) is 10.0 Å². The molecule has 0 bridgehead atoms. The molecule has 1 aliphatic rings. The van der Waals surface area contributed by atoms with Crippen molar-refractivity contribution < 1.29 is 31.9 Å². The molecule has 7 nitrogen and oxygen atoms in total. The average Bonchev–Trinajstić information content (AvgIpc) is 2.99. The van der Waals surface area contributed by atoms with Gasteiger partial charge in [-0.05, 0) is 36.8 Å². The number of aromatic carboxylic acids is 1. The number of hydrogen-bond donors (Lipinski definition) is 1. The van der Waals surface area contributed by atoms with E-state index in [2.05, 4.69) is 0 Å². The zero-order chi connectivity index (χ0) is 21.8. The summed E-state index contributed by atoms with van der Waals surface area (Å²) >= 11 is 0. The molecule has 1 aliphatic heterocycles. The average molecular weight is 431 g/mol. The van der Waals surface area contributed by atoms with Gasteiger partial charge >= 0.3 is 5.97 Å². The number of carbonyl (C=O) groups excluding carboxylic acids is 1. The van der Waals surface area contributed by atoms with Crippen LogP contribution in [-0.4, -0.2) is 38.1 Å². The van der Waals surface area contributed by atoms with Crippen molar-refractivity contribution in [3.63, 3.8) is 0 Å². The van der Waals surface area contributed by atoms with E-state index in [9.17, 15) is 27.5 Å². The van der Waals surface area contributed by atoms with Crippen LogP contribution in [0.25, 0.3) is 22.3 Å². The minimum Gasteiger partial charge on any atom is -0.478 e. The first-order valence-corrected chi connectivity index (χ1v) is 11.0. The summed E-state index contributed by atoms with van der Waals surface area (Å²) in [5.74, 6) is -2.45. The van der Waals surface area contributed by atoms with E-state index in [4.69, 9.17) is 4.42 Å². The second-order valence-corrected chi connectivity index (χ2v) is 9.28. The van der Waals surface area contributed by atoms with E-state index < -0.39 is 27.7 Å². The fraction of sp³-hybridized carbons (Fsp3) is 0.238. The van der Waals surface area contributed by atoms with Crippen LogP contribution in [0.1, 0.15) is 34.1 Å². The van der Waals surface area contributed by atoms with Gasteiger partial charge in [0, 0.05) is 35.0 Å². The Labute approximate surface area is 171 Å². The van der Waals surface area contributed by atoms with Crippen LogP contribution in [0.3, 0.4) is 0 Å². The lowest BCUT2D eigenvalue weighted by molar-refractivity contribution is 0.0698. The third-order valence-corrected chi connectivity index (χ3v) is 6.45. The maximum Gasteiger partial charge on any atom is 0.340 e. The highest BCUT2D eigenvalue weighted by atomic mass is 32.2. The van der Waals surface area contributed by atoms with Gasteiger partial charge in [-0.1, -0.05) is 6.92 Å². The molecule has 0 saturated heterocycles. The Hall–Kier alpha value is -3.20. The molecule has 1 aromatic heterocycles. The topological polar surface area (TPSA) is 105 Å². The number of fused-ring (bicyclic) bond motifs is 2. The molecule has 0 fully saturated rings. The maximum absolute atomic E-state index is 13.3. The fourth-order valence-electron chi connectivity index (χ4n) is 3.73. The number of benzene rings is 2. The van der Waals surface area contributed by atoms with Crippen LogP contribution >= 0.6 is 0 Å². The fourth-order valence-corrected chi connectivity index (χ4v) is 4.67. The molecule has 0 radical (unpaired) electrons. The molecule has 3 aromatic rings. The molecule has 30 heavy (non-hydrogen) atoms. The maximum atomic E-state index is 13.3. The summed E-state index contributed by atoms with van der Waals surface area (Å²) in [5.41, 5.74) is 0.596. The summed E-state index contributed by atoms with van der Waals surface area (Å²) in [6, 6.07) is 7.91. The van der Waals surface area contributed by atoms with Gasteiger partial charge in [0.2, 0.25) is 10.0 Å². The molecule has 2 heterocycles. The predicted molar refractivity (Wildman–Crippen MR) is 109 cm³/mol. The molecule has 156 valence electrons. The van der Waals surface area contributed by atoms with E-state index in [0.717, 1.165) is 10.6 Å². The Morgan fingerprint density at radius 1 is 1.23 bits per heavy atom. The Balaban J connectivity index is 2.05. The Morgan fingerprint density at radius 2 is 1.90 bits per heavy atom. The largest absolute Gasteiger partial charge is 0.478 e. The van der Waals surface area contributed by atoms with Gasteiger partial charge in [-0.25, -0.2) is 17.6 Å². The first-order chi connectivity index (χ1) is 14.1. The molecule has 0 amide bonds. The second-order valence-electron chi connectivity index (χ2n) is 7.37. The van der Waals surface area contributed by atoms with Crippen LogP contribution in [0.5, 0.6) is 0 Å². The van der Waals surface area contributed by atoms with Gasteiger partial charge < -0.3 is 9.52 Å². The standard InChI is InChI=1S/C21H18FNO6S/c1-11-7-8-23(30(2,27)28)16-10-17-15(9-14(16)19(11)24)18(21(25)26)20(29-17)12-3-5-13(22)6-4-12/h3-6,9-11H,7-8H2,1-2H3,(H,25,26). The summed E-state index contributed by atoms with van der Waals surface area (Å²) < 4.78 is 44.9. The number of sulfonamides is 1. The molecule has 0 saturated carbocycles. The van der Waals surface area contributed by atoms with Crippen molar-refractivity contribution in [3.8, 4) is 11.3 Å². The van der Waals surface area contributed by atoms with Crippen molar-refractivity contribution in [3.05, 3.63) is 53.3 Å². The number of rotatable bonds is 3. The van der Waals surface area contributed by atoms with E-state index in [1.165, 1.54) is 36.4 Å². The minimum absolute atomic E-state index is 0.00376. The smallest absolute Gasteiger partial charge is 0.340 e. The Kier molecular flexibility index (Phi) is 4.65. The first kappa shape index (κ1) is 20.1. The Bertz CT molecular complexity index is 1290. The van der Waals surface area contributed by atoms with E-state index >= 15 is 0 Å². The van der Waals surface area contributed by atoms with Crippen LogP contribution < -0.4 is 4.31 Å². The lowest BCUT2D eigenvalue weighted by Gasteiger charge is -2.21. The highest BCUT2D eigenvalue weighted by Gasteiger charge is 2.33. The van der Waals surface area contributed by atoms with Crippen molar-refractivity contribution in [1.82, 2.24) is 0 Å². The number of nitrogens with zero attached hydrogens (tertiary/aromatic N) is 1. The summed E-state index contributed by atoms with van der Waals surface area (Å²) in [6.45, 7) is 1.83. The number of carboxylic acid groups (broad SMARTS) is 1. The number of carbonyl (C=O) groups is 2. The summed E-state index contributed by atoms with van der Waals surface area (Å²) in [4.78, 5) is 24.9. The van der Waals surface area contributed by atoms with E-state index in [-0.39, 0.29) is 45.9 Å². The zero-order valence-corrected chi connectivity index (χ0v) is 17.0. The highest BCUT2D eigenvalue weighted by Crippen LogP contribution is 2.40. The van der Waals surface area contributed by atoms with Crippen molar-refractivity contribution in [2.45, 2.75) is 13.3 Å². The normalized spacial score (nSPS) is 17.1. The van der Waals surface area contributed by atoms with E-state index in [0.29, 0.717) is 12.0 Å². The minimum atomic E-state index is -3.67. The van der Waals surface area contributed by atoms with Crippen LogP contribution in [0.2, 0.25) is 0 Å². The predicted octanol–water partition coefficient (Wildman–Crippen LogP) is 3.93. The third-order valence-electron chi connectivity index (χ3n) is 5.27. The van der Waals surface area contributed by atoms with Gasteiger partial charge in [-0.15, -0.1) is 0 Å². The summed E-state index contributed by atoms with van der Waals surface area (Å²) in [6.07, 6.45) is 1.39. The number of carboxylic acids is 1. The molecular weight excluding hydrogens is 413 g/mol. The number of Topliss-reactive ketones (excluding diaryl/α,β-unsaturated/α-hetero) is 1. The zero-order valence-electron chi connectivity index (χ0n) is 16.2. The number of halogens is 1. The van der Waals surface area contributed by atoms with Crippen molar-refractivity contribution in [1.29, 1.82) is 0 Å². The number of anilines is 1. The van der Waals surface area contributed by atoms with E-state index in [1.807, 2.05) is 0 Å². The van der Waals surface area contributed by atoms with Crippen LogP contribution in [0, 0.1) is 11.7 Å². The van der Waals surface area contributed by atoms with Crippen molar-refractivity contribution >= 4 is 38.4 Å². The first-order valence-electron chi connectivity index (χ1n) is 9.19. The highest BCUT2D eigenvalue weighted by molar-refractivity contribution is 7.92. The van der Waals surface area contributed by atoms with Gasteiger partial charge in [-0.3, -0.25) is 9.10 Å². The molecule has 0 aliphatic carbocycles.